The highest BCUT2D eigenvalue weighted by Gasteiger charge is 2.43. The van der Waals surface area contributed by atoms with Gasteiger partial charge in [-0.05, 0) is 49.6 Å². The maximum atomic E-state index is 13.9. The van der Waals surface area contributed by atoms with E-state index in [2.05, 4.69) is 10.6 Å². The molecule has 2 fully saturated rings. The highest BCUT2D eigenvalue weighted by Crippen LogP contribution is 2.30. The Labute approximate surface area is 213 Å². The number of Topliss-reactive ketones (excluding diaryl/α,β-unsaturated/α-hetero) is 1. The van der Waals surface area contributed by atoms with Gasteiger partial charge >= 0.3 is 0 Å². The van der Waals surface area contributed by atoms with Crippen molar-refractivity contribution in [3.8, 4) is 6.07 Å². The third-order valence-electron chi connectivity index (χ3n) is 7.25. The lowest BCUT2D eigenvalue weighted by Gasteiger charge is -2.39. The first-order valence-corrected chi connectivity index (χ1v) is 12.5. The summed E-state index contributed by atoms with van der Waals surface area (Å²) < 4.78 is 19.6. The van der Waals surface area contributed by atoms with Crippen LogP contribution in [0.1, 0.15) is 54.6 Å². The van der Waals surface area contributed by atoms with E-state index in [9.17, 15) is 18.8 Å². The first-order chi connectivity index (χ1) is 17.9. The van der Waals surface area contributed by atoms with E-state index in [0.29, 0.717) is 37.1 Å². The molecule has 2 aliphatic rings. The first-order valence-electron chi connectivity index (χ1n) is 12.5. The standard InChI is InChI=1S/C28H27FN4O4/c29-20-12-18(16-30)13-21(15-20)33-11-8-22(23(34)17-33)31-27(36)28(9-4-1-5-10-28)32-26(35)25-14-19-6-2-3-7-24(19)37-25/h2-3,6-7,12-15,22H,1,4-5,8-11,17H2,(H,31,36)(H,32,35). The molecule has 8 nitrogen and oxygen atoms in total. The first kappa shape index (κ1) is 24.5. The summed E-state index contributed by atoms with van der Waals surface area (Å²) in [6.07, 6.45) is 3.79. The van der Waals surface area contributed by atoms with Crippen LogP contribution in [-0.2, 0) is 9.59 Å². The van der Waals surface area contributed by atoms with Gasteiger partial charge in [-0.25, -0.2) is 4.39 Å². The normalized spacial score (nSPS) is 19.3. The van der Waals surface area contributed by atoms with E-state index >= 15 is 0 Å². The summed E-state index contributed by atoms with van der Waals surface area (Å²) in [5, 5.41) is 15.7. The molecule has 37 heavy (non-hydrogen) atoms. The number of carbonyl (C=O) groups excluding carboxylic acids is 3. The smallest absolute Gasteiger partial charge is 0.287 e. The molecule has 2 N–H and O–H groups in total. The Bertz CT molecular complexity index is 1370. The number of hydrogen-bond donors (Lipinski definition) is 2. The Morgan fingerprint density at radius 1 is 1.11 bits per heavy atom. The topological polar surface area (TPSA) is 115 Å². The van der Waals surface area contributed by atoms with Crippen molar-refractivity contribution in [3.63, 3.8) is 0 Å². The molecule has 1 aliphatic carbocycles. The van der Waals surface area contributed by atoms with E-state index in [0.717, 1.165) is 30.7 Å². The maximum Gasteiger partial charge on any atom is 0.287 e. The fourth-order valence-corrected chi connectivity index (χ4v) is 5.25. The number of fused-ring (bicyclic) bond motifs is 1. The van der Waals surface area contributed by atoms with Gasteiger partial charge in [-0.15, -0.1) is 0 Å². The number of benzene rings is 2. The molecule has 5 rings (SSSR count). The molecule has 0 bridgehead atoms. The molecule has 1 saturated carbocycles. The number of nitrogens with one attached hydrogen (secondary N) is 2. The number of anilines is 1. The SMILES string of the molecule is N#Cc1cc(F)cc(N2CCC(NC(=O)C3(NC(=O)c4cc5ccccc5o4)CCCCC3)C(=O)C2)c1. The molecule has 2 amide bonds. The van der Waals surface area contributed by atoms with Gasteiger partial charge in [-0.3, -0.25) is 14.4 Å². The Balaban J connectivity index is 1.28. The van der Waals surface area contributed by atoms with Crippen LogP contribution in [0, 0.1) is 17.1 Å². The molecular formula is C28H27FN4O4. The van der Waals surface area contributed by atoms with Crippen molar-refractivity contribution in [2.75, 3.05) is 18.0 Å². The highest BCUT2D eigenvalue weighted by molar-refractivity contribution is 6.01. The lowest BCUT2D eigenvalue weighted by atomic mass is 9.80. The van der Waals surface area contributed by atoms with Gasteiger partial charge in [-0.2, -0.15) is 5.26 Å². The van der Waals surface area contributed by atoms with Crippen molar-refractivity contribution >= 4 is 34.3 Å². The molecule has 3 aromatic rings. The molecule has 1 aliphatic heterocycles. The van der Waals surface area contributed by atoms with Crippen LogP contribution in [-0.4, -0.2) is 42.3 Å². The molecule has 2 heterocycles. The van der Waals surface area contributed by atoms with Crippen molar-refractivity contribution in [2.24, 2.45) is 0 Å². The van der Waals surface area contributed by atoms with Crippen molar-refractivity contribution in [3.05, 3.63) is 65.7 Å². The van der Waals surface area contributed by atoms with E-state index in [1.54, 1.807) is 23.1 Å². The minimum atomic E-state index is -1.13. The summed E-state index contributed by atoms with van der Waals surface area (Å²) in [5.41, 5.74) is 0.0943. The number of hydrogen-bond acceptors (Lipinski definition) is 6. The molecule has 2 aromatic carbocycles. The van der Waals surface area contributed by atoms with Crippen LogP contribution in [0.3, 0.4) is 0 Å². The third kappa shape index (κ3) is 5.05. The monoisotopic (exact) mass is 502 g/mol. The second kappa shape index (κ2) is 10.1. The molecule has 0 spiro atoms. The van der Waals surface area contributed by atoms with Crippen LogP contribution >= 0.6 is 0 Å². The molecule has 0 radical (unpaired) electrons. The van der Waals surface area contributed by atoms with Gasteiger partial charge < -0.3 is 20.0 Å². The van der Waals surface area contributed by atoms with E-state index in [1.165, 1.54) is 6.07 Å². The summed E-state index contributed by atoms with van der Waals surface area (Å²) in [6, 6.07) is 14.1. The van der Waals surface area contributed by atoms with Crippen LogP contribution < -0.4 is 15.5 Å². The van der Waals surface area contributed by atoms with Gasteiger partial charge in [0.15, 0.2) is 11.5 Å². The summed E-state index contributed by atoms with van der Waals surface area (Å²) in [5.74, 6) is -1.46. The van der Waals surface area contributed by atoms with Gasteiger partial charge in [0.2, 0.25) is 5.91 Å². The number of piperidine rings is 1. The molecule has 1 atom stereocenters. The average Bonchev–Trinajstić information content (AvgIpc) is 3.34. The molecule has 190 valence electrons. The predicted octanol–water partition coefficient (Wildman–Crippen LogP) is 3.84. The Hall–Kier alpha value is -4.19. The average molecular weight is 503 g/mol. The van der Waals surface area contributed by atoms with Crippen LogP contribution in [0.4, 0.5) is 10.1 Å². The van der Waals surface area contributed by atoms with E-state index < -0.39 is 23.3 Å². The zero-order valence-electron chi connectivity index (χ0n) is 20.3. The van der Waals surface area contributed by atoms with Gasteiger partial charge in [-0.1, -0.05) is 37.5 Å². The zero-order valence-corrected chi connectivity index (χ0v) is 20.3. The second-order valence-corrected chi connectivity index (χ2v) is 9.76. The van der Waals surface area contributed by atoms with Crippen molar-refractivity contribution in [1.29, 1.82) is 5.26 Å². The molecular weight excluding hydrogens is 475 g/mol. The number of halogens is 1. The number of ketones is 1. The third-order valence-corrected chi connectivity index (χ3v) is 7.25. The second-order valence-electron chi connectivity index (χ2n) is 9.76. The van der Waals surface area contributed by atoms with Gasteiger partial charge in [0, 0.05) is 17.6 Å². The lowest BCUT2D eigenvalue weighted by Crippen LogP contribution is -2.63. The van der Waals surface area contributed by atoms with Gasteiger partial charge in [0.05, 0.1) is 24.2 Å². The largest absolute Gasteiger partial charge is 0.451 e. The summed E-state index contributed by atoms with van der Waals surface area (Å²) in [6.45, 7) is 0.390. The maximum absolute atomic E-state index is 13.9. The Morgan fingerprint density at radius 3 is 2.62 bits per heavy atom. The molecule has 9 heteroatoms. The molecule has 1 aromatic heterocycles. The van der Waals surface area contributed by atoms with Crippen LogP contribution in [0.15, 0.2) is 52.9 Å². The van der Waals surface area contributed by atoms with E-state index in [1.807, 2.05) is 24.3 Å². The Kier molecular flexibility index (Phi) is 6.66. The summed E-state index contributed by atoms with van der Waals surface area (Å²) in [4.78, 5) is 41.3. The minimum Gasteiger partial charge on any atom is -0.451 e. The minimum absolute atomic E-state index is 0.0163. The number of para-hydroxylation sites is 1. The van der Waals surface area contributed by atoms with Crippen LogP contribution in [0.2, 0.25) is 0 Å². The summed E-state index contributed by atoms with van der Waals surface area (Å²) in [7, 11) is 0. The van der Waals surface area contributed by atoms with Crippen molar-refractivity contribution in [1.82, 2.24) is 10.6 Å². The number of amides is 2. The van der Waals surface area contributed by atoms with Gasteiger partial charge in [0.25, 0.3) is 5.91 Å². The Morgan fingerprint density at radius 2 is 1.89 bits per heavy atom. The molecule has 1 unspecified atom stereocenters. The fourth-order valence-electron chi connectivity index (χ4n) is 5.25. The van der Waals surface area contributed by atoms with Gasteiger partial charge in [0.1, 0.15) is 16.9 Å². The number of rotatable bonds is 5. The number of nitriles is 1. The number of furan rings is 1. The van der Waals surface area contributed by atoms with Crippen molar-refractivity contribution < 1.29 is 23.2 Å². The molecule has 1 saturated heterocycles. The number of carbonyl (C=O) groups is 3. The summed E-state index contributed by atoms with van der Waals surface area (Å²) >= 11 is 0. The number of nitrogens with zero attached hydrogens (tertiary/aromatic N) is 2. The zero-order chi connectivity index (χ0) is 26.0. The van der Waals surface area contributed by atoms with E-state index in [-0.39, 0.29) is 29.6 Å². The predicted molar refractivity (Wildman–Crippen MR) is 134 cm³/mol. The van der Waals surface area contributed by atoms with Crippen LogP contribution in [0.5, 0.6) is 0 Å². The van der Waals surface area contributed by atoms with Crippen molar-refractivity contribution in [2.45, 2.75) is 50.1 Å². The fraction of sp³-hybridized carbons (Fsp3) is 0.357. The van der Waals surface area contributed by atoms with E-state index in [4.69, 9.17) is 9.68 Å². The highest BCUT2D eigenvalue weighted by atomic mass is 19.1. The van der Waals surface area contributed by atoms with Crippen LogP contribution in [0.25, 0.3) is 11.0 Å². The quantitative estimate of drug-likeness (QED) is 0.548. The lowest BCUT2D eigenvalue weighted by molar-refractivity contribution is -0.133.